The van der Waals surface area contributed by atoms with E-state index in [0.29, 0.717) is 39.9 Å². The van der Waals surface area contributed by atoms with Gasteiger partial charge in [-0.25, -0.2) is 14.2 Å². The lowest BCUT2D eigenvalue weighted by Gasteiger charge is -2.26. The average molecular weight is 462 g/mol. The summed E-state index contributed by atoms with van der Waals surface area (Å²) < 4.78 is 24.8. The second kappa shape index (κ2) is 10.2. The van der Waals surface area contributed by atoms with E-state index in [-0.39, 0.29) is 11.8 Å². The number of halogens is 2. The van der Waals surface area contributed by atoms with E-state index < -0.39 is 6.10 Å². The predicted molar refractivity (Wildman–Crippen MR) is 121 cm³/mol. The third-order valence-electron chi connectivity index (χ3n) is 5.21. The van der Waals surface area contributed by atoms with Gasteiger partial charge in [0.1, 0.15) is 17.7 Å². The van der Waals surface area contributed by atoms with Crippen molar-refractivity contribution in [2.45, 2.75) is 13.0 Å². The SMILES string of the molecule is CC(Oc1ccc2nc(NC(=O)NCCN3CCOCC3)[nH]c2c1)c1cc(F)ccc1Cl. The maximum atomic E-state index is 13.6. The molecule has 1 aliphatic heterocycles. The smallest absolute Gasteiger partial charge is 0.321 e. The zero-order valence-electron chi connectivity index (χ0n) is 17.7. The Morgan fingerprint density at radius 1 is 1.31 bits per heavy atom. The Hall–Kier alpha value is -2.88. The van der Waals surface area contributed by atoms with Gasteiger partial charge in [-0.1, -0.05) is 11.6 Å². The number of imidazole rings is 1. The van der Waals surface area contributed by atoms with Crippen LogP contribution in [0.5, 0.6) is 5.75 Å². The maximum absolute atomic E-state index is 13.6. The Kier molecular flexibility index (Phi) is 7.09. The third kappa shape index (κ3) is 5.67. The number of hydrogen-bond acceptors (Lipinski definition) is 5. The molecule has 3 aromatic rings. The van der Waals surface area contributed by atoms with Gasteiger partial charge < -0.3 is 19.8 Å². The molecule has 0 bridgehead atoms. The van der Waals surface area contributed by atoms with Gasteiger partial charge in [0.05, 0.1) is 24.2 Å². The lowest BCUT2D eigenvalue weighted by atomic mass is 10.1. The number of carbonyl (C=O) groups excluding carboxylic acids is 1. The highest BCUT2D eigenvalue weighted by Gasteiger charge is 2.14. The Bertz CT molecular complexity index is 1090. The fraction of sp³-hybridized carbons (Fsp3) is 0.364. The predicted octanol–water partition coefficient (Wildman–Crippen LogP) is 3.95. The van der Waals surface area contributed by atoms with Gasteiger partial charge in [-0.15, -0.1) is 0 Å². The molecule has 0 saturated carbocycles. The van der Waals surface area contributed by atoms with Crippen molar-refractivity contribution in [3.05, 3.63) is 52.8 Å². The number of ether oxygens (including phenoxy) is 2. The second-order valence-corrected chi connectivity index (χ2v) is 7.93. The maximum Gasteiger partial charge on any atom is 0.321 e. The summed E-state index contributed by atoms with van der Waals surface area (Å²) in [5, 5.41) is 5.97. The zero-order valence-corrected chi connectivity index (χ0v) is 18.4. The van der Waals surface area contributed by atoms with Crippen molar-refractivity contribution in [1.82, 2.24) is 20.2 Å². The molecule has 0 spiro atoms. The van der Waals surface area contributed by atoms with E-state index in [4.69, 9.17) is 21.1 Å². The van der Waals surface area contributed by atoms with Crippen LogP contribution in [0.1, 0.15) is 18.6 Å². The van der Waals surface area contributed by atoms with Gasteiger partial charge in [-0.2, -0.15) is 0 Å². The number of amides is 2. The summed E-state index contributed by atoms with van der Waals surface area (Å²) in [5.74, 6) is 0.528. The Balaban J connectivity index is 1.34. The van der Waals surface area contributed by atoms with Crippen molar-refractivity contribution < 1.29 is 18.7 Å². The molecule has 1 saturated heterocycles. The van der Waals surface area contributed by atoms with Crippen LogP contribution in [0.3, 0.4) is 0 Å². The first-order valence-corrected chi connectivity index (χ1v) is 10.8. The lowest BCUT2D eigenvalue weighted by Crippen LogP contribution is -2.42. The van der Waals surface area contributed by atoms with Crippen LogP contribution in [0.2, 0.25) is 5.02 Å². The monoisotopic (exact) mass is 461 g/mol. The fourth-order valence-corrected chi connectivity index (χ4v) is 3.79. The van der Waals surface area contributed by atoms with Crippen LogP contribution in [-0.4, -0.2) is 60.3 Å². The van der Waals surface area contributed by atoms with Gasteiger partial charge in [-0.05, 0) is 37.3 Å². The van der Waals surface area contributed by atoms with Crippen molar-refractivity contribution in [3.63, 3.8) is 0 Å². The van der Waals surface area contributed by atoms with E-state index >= 15 is 0 Å². The number of H-pyrrole nitrogens is 1. The lowest BCUT2D eigenvalue weighted by molar-refractivity contribution is 0.0388. The summed E-state index contributed by atoms with van der Waals surface area (Å²) >= 11 is 6.17. The molecule has 8 nitrogen and oxygen atoms in total. The van der Waals surface area contributed by atoms with E-state index in [2.05, 4.69) is 25.5 Å². The quantitative estimate of drug-likeness (QED) is 0.495. The van der Waals surface area contributed by atoms with Crippen molar-refractivity contribution in [1.29, 1.82) is 0 Å². The number of aromatic amines is 1. The van der Waals surface area contributed by atoms with Crippen LogP contribution in [0.4, 0.5) is 15.1 Å². The number of urea groups is 1. The normalized spacial score (nSPS) is 15.5. The summed E-state index contributed by atoms with van der Waals surface area (Å²) in [4.78, 5) is 21.8. The topological polar surface area (TPSA) is 91.5 Å². The largest absolute Gasteiger partial charge is 0.486 e. The van der Waals surface area contributed by atoms with E-state index in [0.717, 1.165) is 32.8 Å². The van der Waals surface area contributed by atoms with Gasteiger partial charge in [0, 0.05) is 42.8 Å². The van der Waals surface area contributed by atoms with Crippen LogP contribution in [0.25, 0.3) is 11.0 Å². The molecule has 2 heterocycles. The number of nitrogens with one attached hydrogen (secondary N) is 3. The average Bonchev–Trinajstić information content (AvgIpc) is 3.17. The van der Waals surface area contributed by atoms with Crippen LogP contribution >= 0.6 is 11.6 Å². The third-order valence-corrected chi connectivity index (χ3v) is 5.56. The molecular weight excluding hydrogens is 437 g/mol. The molecule has 10 heteroatoms. The summed E-state index contributed by atoms with van der Waals surface area (Å²) in [5.41, 5.74) is 1.94. The number of morpholine rings is 1. The van der Waals surface area contributed by atoms with Gasteiger partial charge in [0.2, 0.25) is 5.95 Å². The molecule has 4 rings (SSSR count). The molecule has 170 valence electrons. The highest BCUT2D eigenvalue weighted by Crippen LogP contribution is 2.29. The van der Waals surface area contributed by atoms with Crippen molar-refractivity contribution in [3.8, 4) is 5.75 Å². The van der Waals surface area contributed by atoms with Crippen LogP contribution < -0.4 is 15.4 Å². The zero-order chi connectivity index (χ0) is 22.5. The Morgan fingerprint density at radius 2 is 2.12 bits per heavy atom. The molecule has 1 atom stereocenters. The Labute approximate surface area is 190 Å². The van der Waals surface area contributed by atoms with E-state index in [1.807, 2.05) is 0 Å². The fourth-order valence-electron chi connectivity index (χ4n) is 3.52. The molecule has 2 aromatic carbocycles. The molecule has 1 fully saturated rings. The second-order valence-electron chi connectivity index (χ2n) is 7.53. The van der Waals surface area contributed by atoms with Crippen molar-refractivity contribution in [2.24, 2.45) is 0 Å². The number of fused-ring (bicyclic) bond motifs is 1. The summed E-state index contributed by atoms with van der Waals surface area (Å²) in [6, 6.07) is 9.16. The molecule has 3 N–H and O–H groups in total. The molecule has 0 radical (unpaired) electrons. The number of aromatic nitrogens is 2. The number of anilines is 1. The minimum absolute atomic E-state index is 0.330. The first-order chi connectivity index (χ1) is 15.5. The van der Waals surface area contributed by atoms with Crippen molar-refractivity contribution >= 4 is 34.6 Å². The van der Waals surface area contributed by atoms with Crippen LogP contribution in [-0.2, 0) is 4.74 Å². The number of carbonyl (C=O) groups is 1. The van der Waals surface area contributed by atoms with E-state index in [1.54, 1.807) is 25.1 Å². The number of rotatable bonds is 7. The molecule has 1 aromatic heterocycles. The first kappa shape index (κ1) is 22.3. The van der Waals surface area contributed by atoms with Gasteiger partial charge in [0.15, 0.2) is 0 Å². The van der Waals surface area contributed by atoms with Crippen LogP contribution in [0, 0.1) is 5.82 Å². The number of hydrogen-bond donors (Lipinski definition) is 3. The summed E-state index contributed by atoms with van der Waals surface area (Å²) in [6.07, 6.45) is -0.451. The van der Waals surface area contributed by atoms with E-state index in [9.17, 15) is 9.18 Å². The van der Waals surface area contributed by atoms with Crippen molar-refractivity contribution in [2.75, 3.05) is 44.7 Å². The number of benzene rings is 2. The highest BCUT2D eigenvalue weighted by molar-refractivity contribution is 6.31. The standard InChI is InChI=1S/C22H25ClFN5O3/c1-14(17-12-15(24)2-4-18(17)23)32-16-3-5-19-20(13-16)27-21(26-19)28-22(30)25-6-7-29-8-10-31-11-9-29/h2-5,12-14H,6-11H2,1H3,(H3,25,26,27,28,30). The van der Waals surface area contributed by atoms with Gasteiger partial charge in [0.25, 0.3) is 0 Å². The Morgan fingerprint density at radius 3 is 2.94 bits per heavy atom. The highest BCUT2D eigenvalue weighted by atomic mass is 35.5. The molecule has 1 aliphatic rings. The summed E-state index contributed by atoms with van der Waals surface area (Å²) in [7, 11) is 0. The molecule has 32 heavy (non-hydrogen) atoms. The molecule has 2 amide bonds. The van der Waals surface area contributed by atoms with Gasteiger partial charge in [-0.3, -0.25) is 10.2 Å². The van der Waals surface area contributed by atoms with Gasteiger partial charge >= 0.3 is 6.03 Å². The van der Waals surface area contributed by atoms with Crippen LogP contribution in [0.15, 0.2) is 36.4 Å². The number of nitrogens with zero attached hydrogens (tertiary/aromatic N) is 2. The molecule has 1 unspecified atom stereocenters. The minimum atomic E-state index is -0.451. The first-order valence-electron chi connectivity index (χ1n) is 10.4. The van der Waals surface area contributed by atoms with E-state index in [1.165, 1.54) is 18.2 Å². The molecular formula is C22H25ClFN5O3. The minimum Gasteiger partial charge on any atom is -0.486 e. The summed E-state index contributed by atoms with van der Waals surface area (Å²) in [6.45, 7) is 6.31. The molecule has 0 aliphatic carbocycles.